The third kappa shape index (κ3) is 5.09. The van der Waals surface area contributed by atoms with Crippen molar-refractivity contribution in [1.82, 2.24) is 10.4 Å². The van der Waals surface area contributed by atoms with Gasteiger partial charge in [-0.05, 0) is 64.1 Å². The zero-order valence-corrected chi connectivity index (χ0v) is 15.5. The molecule has 0 aromatic heterocycles. The molecule has 0 unspecified atom stereocenters. The third-order valence-electron chi connectivity index (χ3n) is 3.86. The first kappa shape index (κ1) is 20.5. The van der Waals surface area contributed by atoms with Gasteiger partial charge in [0.2, 0.25) is 0 Å². The summed E-state index contributed by atoms with van der Waals surface area (Å²) in [6.07, 6.45) is -4.48. The van der Waals surface area contributed by atoms with Crippen molar-refractivity contribution >= 4 is 11.8 Å². The molecule has 0 radical (unpaired) electrons. The van der Waals surface area contributed by atoms with E-state index in [0.29, 0.717) is 5.56 Å². The number of rotatable bonds is 2. The molecule has 0 heterocycles. The van der Waals surface area contributed by atoms with E-state index in [1.54, 1.807) is 45.0 Å². The summed E-state index contributed by atoms with van der Waals surface area (Å²) < 4.78 is 38.0. The highest BCUT2D eigenvalue weighted by Crippen LogP contribution is 2.29. The van der Waals surface area contributed by atoms with E-state index in [4.69, 9.17) is 0 Å². The van der Waals surface area contributed by atoms with Gasteiger partial charge in [0.1, 0.15) is 0 Å². The largest absolute Gasteiger partial charge is 0.416 e. The lowest BCUT2D eigenvalue weighted by molar-refractivity contribution is -0.137. The van der Waals surface area contributed by atoms with Crippen molar-refractivity contribution in [3.63, 3.8) is 0 Å². The maximum atomic E-state index is 12.8. The summed E-state index contributed by atoms with van der Waals surface area (Å²) in [5.74, 6) is -1.08. The monoisotopic (exact) mass is 378 g/mol. The van der Waals surface area contributed by atoms with Gasteiger partial charge in [0, 0.05) is 11.1 Å². The van der Waals surface area contributed by atoms with Gasteiger partial charge in [-0.25, -0.2) is 5.01 Å². The number of carbonyl (C=O) groups is 2. The second kappa shape index (κ2) is 7.42. The number of alkyl halides is 3. The van der Waals surface area contributed by atoms with Gasteiger partial charge in [0.25, 0.3) is 11.8 Å². The first-order valence-electron chi connectivity index (χ1n) is 8.29. The minimum Gasteiger partial charge on any atom is -0.267 e. The molecule has 0 aliphatic carbocycles. The van der Waals surface area contributed by atoms with E-state index in [2.05, 4.69) is 5.43 Å². The molecule has 0 saturated heterocycles. The number of aryl methyl sites for hydroxylation is 1. The van der Waals surface area contributed by atoms with Crippen molar-refractivity contribution in [1.29, 1.82) is 0 Å². The maximum absolute atomic E-state index is 12.8. The Bertz CT molecular complexity index is 820. The molecule has 0 atom stereocenters. The van der Waals surface area contributed by atoms with Crippen LogP contribution >= 0.6 is 0 Å². The van der Waals surface area contributed by atoms with E-state index >= 15 is 0 Å². The first-order valence-corrected chi connectivity index (χ1v) is 8.29. The second-order valence-corrected chi connectivity index (χ2v) is 7.19. The number of hydrazine groups is 1. The summed E-state index contributed by atoms with van der Waals surface area (Å²) in [7, 11) is 0. The van der Waals surface area contributed by atoms with Crippen molar-refractivity contribution in [2.45, 2.75) is 39.4 Å². The van der Waals surface area contributed by atoms with Gasteiger partial charge >= 0.3 is 6.18 Å². The Morgan fingerprint density at radius 2 is 1.33 bits per heavy atom. The first-order chi connectivity index (χ1) is 12.4. The van der Waals surface area contributed by atoms with E-state index < -0.39 is 29.1 Å². The Hall–Kier alpha value is -2.83. The van der Waals surface area contributed by atoms with Crippen LogP contribution in [0.25, 0.3) is 0 Å². The molecular formula is C20H21F3N2O2. The maximum Gasteiger partial charge on any atom is 0.416 e. The number of amides is 2. The van der Waals surface area contributed by atoms with E-state index in [-0.39, 0.29) is 5.56 Å². The van der Waals surface area contributed by atoms with Crippen LogP contribution in [0.1, 0.15) is 52.6 Å². The molecule has 2 aromatic carbocycles. The van der Waals surface area contributed by atoms with Crippen LogP contribution in [-0.4, -0.2) is 22.4 Å². The van der Waals surface area contributed by atoms with Crippen LogP contribution in [0.3, 0.4) is 0 Å². The van der Waals surface area contributed by atoms with Gasteiger partial charge < -0.3 is 0 Å². The molecular weight excluding hydrogens is 357 g/mol. The number of hydrogen-bond acceptors (Lipinski definition) is 2. The van der Waals surface area contributed by atoms with Gasteiger partial charge in [-0.3, -0.25) is 15.0 Å². The quantitative estimate of drug-likeness (QED) is 0.777. The standard InChI is InChI=1S/C20H21F3N2O2/c1-13-5-7-15(8-6-13)18(27)25(19(2,3)4)24-17(26)14-9-11-16(12-10-14)20(21,22)23/h5-12H,1-4H3,(H,24,26). The third-order valence-corrected chi connectivity index (χ3v) is 3.86. The Labute approximate surface area is 156 Å². The lowest BCUT2D eigenvalue weighted by Crippen LogP contribution is -2.55. The molecule has 0 spiro atoms. The Morgan fingerprint density at radius 3 is 1.78 bits per heavy atom. The number of hydrogen-bond donors (Lipinski definition) is 1. The number of halogens is 3. The smallest absolute Gasteiger partial charge is 0.267 e. The Morgan fingerprint density at radius 1 is 0.852 bits per heavy atom. The average Bonchev–Trinajstić information content (AvgIpc) is 2.58. The molecule has 4 nitrogen and oxygen atoms in total. The number of nitrogens with one attached hydrogen (secondary N) is 1. The van der Waals surface area contributed by atoms with Crippen molar-refractivity contribution in [2.75, 3.05) is 0 Å². The molecule has 0 aliphatic rings. The van der Waals surface area contributed by atoms with E-state index in [9.17, 15) is 22.8 Å². The fourth-order valence-electron chi connectivity index (χ4n) is 2.33. The second-order valence-electron chi connectivity index (χ2n) is 7.19. The van der Waals surface area contributed by atoms with Crippen LogP contribution in [0.15, 0.2) is 48.5 Å². The van der Waals surface area contributed by atoms with Gasteiger partial charge in [-0.15, -0.1) is 0 Å². The molecule has 2 rings (SSSR count). The topological polar surface area (TPSA) is 49.4 Å². The molecule has 0 aliphatic heterocycles. The average molecular weight is 378 g/mol. The molecule has 7 heteroatoms. The molecule has 0 saturated carbocycles. The van der Waals surface area contributed by atoms with Crippen molar-refractivity contribution in [2.24, 2.45) is 0 Å². The molecule has 2 aromatic rings. The van der Waals surface area contributed by atoms with Crippen LogP contribution < -0.4 is 5.43 Å². The normalized spacial score (nSPS) is 11.8. The summed E-state index contributed by atoms with van der Waals surface area (Å²) in [6.45, 7) is 7.12. The van der Waals surface area contributed by atoms with Crippen LogP contribution in [-0.2, 0) is 6.18 Å². The fourth-order valence-corrected chi connectivity index (χ4v) is 2.33. The van der Waals surface area contributed by atoms with Crippen molar-refractivity contribution in [3.8, 4) is 0 Å². The molecule has 27 heavy (non-hydrogen) atoms. The zero-order valence-electron chi connectivity index (χ0n) is 15.5. The SMILES string of the molecule is Cc1ccc(C(=O)N(NC(=O)c2ccc(C(F)(F)F)cc2)C(C)(C)C)cc1. The summed E-state index contributed by atoms with van der Waals surface area (Å²) in [4.78, 5) is 25.3. The van der Waals surface area contributed by atoms with Crippen LogP contribution in [0, 0.1) is 6.92 Å². The van der Waals surface area contributed by atoms with Crippen molar-refractivity contribution in [3.05, 3.63) is 70.8 Å². The van der Waals surface area contributed by atoms with Crippen molar-refractivity contribution < 1.29 is 22.8 Å². The summed E-state index contributed by atoms with van der Waals surface area (Å²) in [5.41, 5.74) is 2.32. The van der Waals surface area contributed by atoms with E-state index in [1.807, 2.05) is 6.92 Å². The number of nitrogens with zero attached hydrogens (tertiary/aromatic N) is 1. The zero-order chi connectivity index (χ0) is 20.4. The van der Waals surface area contributed by atoms with E-state index in [1.165, 1.54) is 5.01 Å². The molecule has 0 fully saturated rings. The minimum absolute atomic E-state index is 0.0222. The van der Waals surface area contributed by atoms with E-state index in [0.717, 1.165) is 29.8 Å². The number of carbonyl (C=O) groups excluding carboxylic acids is 2. The summed E-state index contributed by atoms with van der Waals surface area (Å²) in [6, 6.07) is 10.7. The fraction of sp³-hybridized carbons (Fsp3) is 0.300. The lowest BCUT2D eigenvalue weighted by Gasteiger charge is -2.35. The van der Waals surface area contributed by atoms with Gasteiger partial charge in [-0.1, -0.05) is 17.7 Å². The summed E-state index contributed by atoms with van der Waals surface area (Å²) in [5, 5.41) is 1.18. The van der Waals surface area contributed by atoms with Crippen LogP contribution in [0.5, 0.6) is 0 Å². The van der Waals surface area contributed by atoms with Gasteiger partial charge in [0.05, 0.1) is 11.1 Å². The molecule has 144 valence electrons. The van der Waals surface area contributed by atoms with Crippen LogP contribution in [0.4, 0.5) is 13.2 Å². The summed E-state index contributed by atoms with van der Waals surface area (Å²) >= 11 is 0. The highest BCUT2D eigenvalue weighted by Gasteiger charge is 2.31. The highest BCUT2D eigenvalue weighted by molar-refractivity contribution is 5.99. The van der Waals surface area contributed by atoms with Gasteiger partial charge in [0.15, 0.2) is 0 Å². The van der Waals surface area contributed by atoms with Crippen LogP contribution in [0.2, 0.25) is 0 Å². The highest BCUT2D eigenvalue weighted by atomic mass is 19.4. The predicted molar refractivity (Wildman–Crippen MR) is 96.0 cm³/mol. The predicted octanol–water partition coefficient (Wildman–Crippen LogP) is 4.60. The molecule has 1 N–H and O–H groups in total. The van der Waals surface area contributed by atoms with Gasteiger partial charge in [-0.2, -0.15) is 13.2 Å². The number of benzene rings is 2. The molecule has 0 bridgehead atoms. The minimum atomic E-state index is -4.48. The Balaban J connectivity index is 2.24. The molecule has 2 amide bonds. The lowest BCUT2D eigenvalue weighted by atomic mass is 10.1. The Kier molecular flexibility index (Phi) is 5.63.